The predicted octanol–water partition coefficient (Wildman–Crippen LogP) is 0.410. The molecule has 0 aliphatic carbocycles. The summed E-state index contributed by atoms with van der Waals surface area (Å²) in [6.45, 7) is 0.728. The number of amides is 4. The van der Waals surface area contributed by atoms with Crippen molar-refractivity contribution in [2.75, 3.05) is 20.1 Å². The van der Waals surface area contributed by atoms with Gasteiger partial charge in [-0.3, -0.25) is 24.1 Å². The molecule has 1 aromatic carbocycles. The number of imide groups is 1. The summed E-state index contributed by atoms with van der Waals surface area (Å²) in [5, 5.41) is 2.81. The Labute approximate surface area is 139 Å². The van der Waals surface area contributed by atoms with Gasteiger partial charge in [-0.05, 0) is 18.6 Å². The van der Waals surface area contributed by atoms with E-state index in [9.17, 15) is 19.2 Å². The van der Waals surface area contributed by atoms with E-state index in [1.165, 1.54) is 4.90 Å². The van der Waals surface area contributed by atoms with Crippen LogP contribution in [0.1, 0.15) is 40.0 Å². The molecule has 7 heteroatoms. The number of hydrogen-bond acceptors (Lipinski definition) is 4. The van der Waals surface area contributed by atoms with Crippen molar-refractivity contribution in [3.8, 4) is 0 Å². The molecular weight excluding hydrogens is 310 g/mol. The summed E-state index contributed by atoms with van der Waals surface area (Å²) in [4.78, 5) is 50.5. The summed E-state index contributed by atoms with van der Waals surface area (Å²) >= 11 is 0. The highest BCUT2D eigenvalue weighted by Crippen LogP contribution is 2.22. The minimum atomic E-state index is -0.306. The van der Waals surface area contributed by atoms with Crippen molar-refractivity contribution in [3.63, 3.8) is 0 Å². The third-order valence-corrected chi connectivity index (χ3v) is 4.37. The molecule has 126 valence electrons. The number of likely N-dealkylation sites (N-methyl/N-ethyl adjacent to an activating group) is 1. The first-order valence-corrected chi connectivity index (χ1v) is 7.96. The third kappa shape index (κ3) is 3.02. The first-order valence-electron chi connectivity index (χ1n) is 7.96. The Morgan fingerprint density at radius 2 is 1.79 bits per heavy atom. The molecule has 1 N–H and O–H groups in total. The number of benzene rings is 1. The summed E-state index contributed by atoms with van der Waals surface area (Å²) in [6, 6.07) is 6.56. The van der Waals surface area contributed by atoms with Gasteiger partial charge in [0, 0.05) is 33.0 Å². The standard InChI is InChI=1S/C17H19N3O4/c1-19-10-11(9-15(19)22)18-14(21)7-4-8-20-16(23)12-5-2-3-6-13(12)17(20)24/h2-3,5-6,11H,4,7-10H2,1H3,(H,18,21). The Hall–Kier alpha value is -2.70. The molecule has 1 unspecified atom stereocenters. The van der Waals surface area contributed by atoms with Crippen LogP contribution in [-0.2, 0) is 9.59 Å². The summed E-state index contributed by atoms with van der Waals surface area (Å²) in [6.07, 6.45) is 0.927. The van der Waals surface area contributed by atoms with Crippen molar-refractivity contribution in [2.45, 2.75) is 25.3 Å². The number of nitrogens with zero attached hydrogens (tertiary/aromatic N) is 2. The Balaban J connectivity index is 1.47. The van der Waals surface area contributed by atoms with E-state index in [-0.39, 0.29) is 42.6 Å². The van der Waals surface area contributed by atoms with Crippen molar-refractivity contribution in [1.29, 1.82) is 0 Å². The van der Waals surface area contributed by atoms with E-state index in [0.29, 0.717) is 30.5 Å². The zero-order valence-electron chi connectivity index (χ0n) is 13.4. The SMILES string of the molecule is CN1CC(NC(=O)CCCN2C(=O)c3ccccc3C2=O)CC1=O. The number of carbonyl (C=O) groups is 4. The lowest BCUT2D eigenvalue weighted by Gasteiger charge is -2.15. The number of likely N-dealkylation sites (tertiary alicyclic amines) is 1. The van der Waals surface area contributed by atoms with E-state index in [1.807, 2.05) is 0 Å². The number of nitrogens with one attached hydrogen (secondary N) is 1. The van der Waals surface area contributed by atoms with E-state index < -0.39 is 0 Å². The number of hydrogen-bond donors (Lipinski definition) is 1. The van der Waals surface area contributed by atoms with Crippen molar-refractivity contribution >= 4 is 23.6 Å². The summed E-state index contributed by atoms with van der Waals surface area (Å²) in [5.74, 6) is -0.760. The van der Waals surface area contributed by atoms with Gasteiger partial charge in [-0.25, -0.2) is 0 Å². The molecular formula is C17H19N3O4. The molecule has 1 fully saturated rings. The van der Waals surface area contributed by atoms with Gasteiger partial charge in [0.05, 0.1) is 17.2 Å². The van der Waals surface area contributed by atoms with Crippen LogP contribution in [0.15, 0.2) is 24.3 Å². The molecule has 0 aromatic heterocycles. The predicted molar refractivity (Wildman–Crippen MR) is 85.2 cm³/mol. The monoisotopic (exact) mass is 329 g/mol. The van der Waals surface area contributed by atoms with E-state index in [0.717, 1.165) is 0 Å². The van der Waals surface area contributed by atoms with Gasteiger partial charge in [0.1, 0.15) is 0 Å². The van der Waals surface area contributed by atoms with E-state index in [4.69, 9.17) is 0 Å². The van der Waals surface area contributed by atoms with Crippen LogP contribution in [-0.4, -0.2) is 59.6 Å². The average molecular weight is 329 g/mol. The molecule has 0 saturated carbocycles. The van der Waals surface area contributed by atoms with Crippen molar-refractivity contribution in [3.05, 3.63) is 35.4 Å². The molecule has 1 aromatic rings. The third-order valence-electron chi connectivity index (χ3n) is 4.37. The Morgan fingerprint density at radius 1 is 1.17 bits per heavy atom. The quantitative estimate of drug-likeness (QED) is 0.793. The van der Waals surface area contributed by atoms with Gasteiger partial charge in [-0.1, -0.05) is 12.1 Å². The minimum absolute atomic E-state index is 0.0197. The molecule has 0 radical (unpaired) electrons. The van der Waals surface area contributed by atoms with E-state index in [2.05, 4.69) is 5.32 Å². The highest BCUT2D eigenvalue weighted by atomic mass is 16.2. The van der Waals surface area contributed by atoms with Crippen LogP contribution in [0.25, 0.3) is 0 Å². The Morgan fingerprint density at radius 3 is 2.33 bits per heavy atom. The molecule has 1 atom stereocenters. The molecule has 4 amide bonds. The molecule has 2 aliphatic heterocycles. The number of fused-ring (bicyclic) bond motifs is 1. The van der Waals surface area contributed by atoms with Crippen LogP contribution in [0.2, 0.25) is 0 Å². The van der Waals surface area contributed by atoms with Gasteiger partial charge in [0.2, 0.25) is 11.8 Å². The fourth-order valence-electron chi connectivity index (χ4n) is 3.10. The fraction of sp³-hybridized carbons (Fsp3) is 0.412. The van der Waals surface area contributed by atoms with Crippen LogP contribution in [0.3, 0.4) is 0 Å². The topological polar surface area (TPSA) is 86.8 Å². The van der Waals surface area contributed by atoms with Gasteiger partial charge in [-0.15, -0.1) is 0 Å². The van der Waals surface area contributed by atoms with Crippen LogP contribution in [0.5, 0.6) is 0 Å². The first kappa shape index (κ1) is 16.2. The van der Waals surface area contributed by atoms with E-state index >= 15 is 0 Å². The normalized spacial score (nSPS) is 19.9. The lowest BCUT2D eigenvalue weighted by atomic mass is 10.1. The zero-order valence-corrected chi connectivity index (χ0v) is 13.4. The lowest BCUT2D eigenvalue weighted by Crippen LogP contribution is -2.37. The van der Waals surface area contributed by atoms with E-state index in [1.54, 1.807) is 36.2 Å². The van der Waals surface area contributed by atoms with Crippen molar-refractivity contribution < 1.29 is 19.2 Å². The fourth-order valence-corrected chi connectivity index (χ4v) is 3.10. The molecule has 1 saturated heterocycles. The highest BCUT2D eigenvalue weighted by molar-refractivity contribution is 6.21. The summed E-state index contributed by atoms with van der Waals surface area (Å²) < 4.78 is 0. The van der Waals surface area contributed by atoms with Gasteiger partial charge < -0.3 is 10.2 Å². The highest BCUT2D eigenvalue weighted by Gasteiger charge is 2.34. The van der Waals surface area contributed by atoms with Crippen LogP contribution < -0.4 is 5.32 Å². The van der Waals surface area contributed by atoms with Crippen LogP contribution in [0, 0.1) is 0 Å². The molecule has 2 aliphatic rings. The van der Waals surface area contributed by atoms with Crippen molar-refractivity contribution in [1.82, 2.24) is 15.1 Å². The smallest absolute Gasteiger partial charge is 0.261 e. The second-order valence-corrected chi connectivity index (χ2v) is 6.15. The minimum Gasteiger partial charge on any atom is -0.351 e. The molecule has 0 spiro atoms. The second-order valence-electron chi connectivity index (χ2n) is 6.15. The van der Waals surface area contributed by atoms with Crippen molar-refractivity contribution in [2.24, 2.45) is 0 Å². The maximum absolute atomic E-state index is 12.2. The number of carbonyl (C=O) groups excluding carboxylic acids is 4. The Bertz CT molecular complexity index is 681. The summed E-state index contributed by atoms with van der Waals surface area (Å²) in [5.41, 5.74) is 0.832. The average Bonchev–Trinajstić information content (AvgIpc) is 2.99. The molecule has 3 rings (SSSR count). The Kier molecular flexibility index (Phi) is 4.33. The number of rotatable bonds is 5. The molecule has 2 heterocycles. The van der Waals surface area contributed by atoms with Crippen LogP contribution >= 0.6 is 0 Å². The van der Waals surface area contributed by atoms with Gasteiger partial charge in [0.25, 0.3) is 11.8 Å². The van der Waals surface area contributed by atoms with Gasteiger partial charge in [-0.2, -0.15) is 0 Å². The van der Waals surface area contributed by atoms with Gasteiger partial charge >= 0.3 is 0 Å². The van der Waals surface area contributed by atoms with Crippen LogP contribution in [0.4, 0.5) is 0 Å². The largest absolute Gasteiger partial charge is 0.351 e. The zero-order chi connectivity index (χ0) is 17.3. The van der Waals surface area contributed by atoms with Gasteiger partial charge in [0.15, 0.2) is 0 Å². The summed E-state index contributed by atoms with van der Waals surface area (Å²) in [7, 11) is 1.71. The molecule has 0 bridgehead atoms. The maximum atomic E-state index is 12.2. The molecule has 7 nitrogen and oxygen atoms in total. The maximum Gasteiger partial charge on any atom is 0.261 e. The molecule has 24 heavy (non-hydrogen) atoms. The second kappa shape index (κ2) is 6.43. The lowest BCUT2D eigenvalue weighted by molar-refractivity contribution is -0.126. The first-order chi connectivity index (χ1) is 11.5.